The molecule has 0 amide bonds. The minimum absolute atomic E-state index is 0.0757. The van der Waals surface area contributed by atoms with Crippen LogP contribution in [0.5, 0.6) is 0 Å². The second kappa shape index (κ2) is 12.3. The van der Waals surface area contributed by atoms with Crippen LogP contribution in [0.15, 0.2) is 68.3 Å². The molecular formula is C42H50. The number of aryl methyl sites for hydroxylation is 2. The van der Waals surface area contributed by atoms with Crippen molar-refractivity contribution in [3.05, 3.63) is 124 Å². The fourth-order valence-electron chi connectivity index (χ4n) is 7.59. The van der Waals surface area contributed by atoms with Gasteiger partial charge < -0.3 is 0 Å². The summed E-state index contributed by atoms with van der Waals surface area (Å²) in [7, 11) is 0. The SMILES string of the molecule is C=Cc1c(C)cc2c(c1C=C)-c1ccc(C(C)C(C)C(CC)/C(=C\C)c3c(C)ccc(/C=C\C)c3C=C)cc1C2(C)C. The third-order valence-electron chi connectivity index (χ3n) is 10.1. The van der Waals surface area contributed by atoms with Crippen molar-refractivity contribution in [3.63, 3.8) is 0 Å². The van der Waals surface area contributed by atoms with Crippen LogP contribution in [-0.4, -0.2) is 0 Å². The van der Waals surface area contributed by atoms with Crippen LogP contribution in [0.4, 0.5) is 0 Å². The Hall–Kier alpha value is -3.64. The van der Waals surface area contributed by atoms with Gasteiger partial charge in [0.1, 0.15) is 0 Å². The molecule has 3 atom stereocenters. The van der Waals surface area contributed by atoms with Crippen LogP contribution in [0.2, 0.25) is 0 Å². The summed E-state index contributed by atoms with van der Waals surface area (Å²) in [5.74, 6) is 1.27. The van der Waals surface area contributed by atoms with Gasteiger partial charge >= 0.3 is 0 Å². The molecule has 0 heterocycles. The number of rotatable bonds is 10. The highest BCUT2D eigenvalue weighted by molar-refractivity contribution is 5.91. The van der Waals surface area contributed by atoms with E-state index in [1.54, 1.807) is 0 Å². The standard InChI is InChI=1S/C42H50/c1-13-19-30-21-20-26(7)40(34(30)16-4)36(18-6)33(15-3)29(10)28(9)31-22-23-37-38(25-31)42(11,12)39-24-27(8)32(14-2)35(17-5)41(37)39/h13-14,16-25,28-29,33H,2,4-5,15H2,1,3,6-12H3/b19-13-,36-18+. The molecule has 0 fully saturated rings. The van der Waals surface area contributed by atoms with E-state index in [2.05, 4.69) is 137 Å². The summed E-state index contributed by atoms with van der Waals surface area (Å²) < 4.78 is 0. The van der Waals surface area contributed by atoms with Gasteiger partial charge in [0.25, 0.3) is 0 Å². The Kier molecular flexibility index (Phi) is 9.17. The fourth-order valence-corrected chi connectivity index (χ4v) is 7.59. The van der Waals surface area contributed by atoms with E-state index < -0.39 is 0 Å². The van der Waals surface area contributed by atoms with Gasteiger partial charge in [-0.2, -0.15) is 0 Å². The maximum absolute atomic E-state index is 4.22. The van der Waals surface area contributed by atoms with Crippen LogP contribution in [0.25, 0.3) is 41.0 Å². The van der Waals surface area contributed by atoms with Gasteiger partial charge in [-0.15, -0.1) is 0 Å². The lowest BCUT2D eigenvalue weighted by Gasteiger charge is -2.33. The Labute approximate surface area is 256 Å². The van der Waals surface area contributed by atoms with Gasteiger partial charge in [0.15, 0.2) is 0 Å². The molecule has 42 heavy (non-hydrogen) atoms. The van der Waals surface area contributed by atoms with Gasteiger partial charge in [0.2, 0.25) is 0 Å². The molecule has 0 aliphatic heterocycles. The van der Waals surface area contributed by atoms with Crippen LogP contribution in [0.3, 0.4) is 0 Å². The first-order chi connectivity index (χ1) is 20.0. The first kappa shape index (κ1) is 31.3. The first-order valence-corrected chi connectivity index (χ1v) is 15.6. The van der Waals surface area contributed by atoms with Gasteiger partial charge in [-0.3, -0.25) is 0 Å². The van der Waals surface area contributed by atoms with Crippen LogP contribution >= 0.6 is 0 Å². The highest BCUT2D eigenvalue weighted by Crippen LogP contribution is 2.53. The summed E-state index contributed by atoms with van der Waals surface area (Å²) in [5, 5.41) is 0. The van der Waals surface area contributed by atoms with Crippen LogP contribution in [0, 0.1) is 25.7 Å². The summed E-state index contributed by atoms with van der Waals surface area (Å²) in [6.07, 6.45) is 13.8. The molecule has 0 saturated carbocycles. The van der Waals surface area contributed by atoms with E-state index in [9.17, 15) is 0 Å². The molecule has 1 aliphatic rings. The summed E-state index contributed by atoms with van der Waals surface area (Å²) >= 11 is 0. The first-order valence-electron chi connectivity index (χ1n) is 15.6. The molecule has 218 valence electrons. The molecule has 3 unspecified atom stereocenters. The second-order valence-electron chi connectivity index (χ2n) is 12.7. The van der Waals surface area contributed by atoms with Crippen molar-refractivity contribution in [1.29, 1.82) is 0 Å². The van der Waals surface area contributed by atoms with Gasteiger partial charge in [-0.25, -0.2) is 0 Å². The molecule has 0 radical (unpaired) electrons. The molecule has 1 aliphatic carbocycles. The Morgan fingerprint density at radius 1 is 0.833 bits per heavy atom. The third-order valence-corrected chi connectivity index (χ3v) is 10.1. The Morgan fingerprint density at radius 3 is 2.07 bits per heavy atom. The monoisotopic (exact) mass is 554 g/mol. The lowest BCUT2D eigenvalue weighted by Crippen LogP contribution is -2.21. The zero-order chi connectivity index (χ0) is 30.9. The quantitative estimate of drug-likeness (QED) is 0.234. The molecule has 0 bridgehead atoms. The second-order valence-corrected chi connectivity index (χ2v) is 12.7. The van der Waals surface area contributed by atoms with Gasteiger partial charge in [-0.1, -0.05) is 127 Å². The van der Waals surface area contributed by atoms with E-state index in [-0.39, 0.29) is 5.41 Å². The van der Waals surface area contributed by atoms with Crippen molar-refractivity contribution < 1.29 is 0 Å². The highest BCUT2D eigenvalue weighted by Gasteiger charge is 2.38. The largest absolute Gasteiger partial charge is 0.0984 e. The van der Waals surface area contributed by atoms with Crippen molar-refractivity contribution in [2.45, 2.75) is 80.1 Å². The van der Waals surface area contributed by atoms with Crippen LogP contribution in [-0.2, 0) is 5.41 Å². The van der Waals surface area contributed by atoms with E-state index in [4.69, 9.17) is 0 Å². The van der Waals surface area contributed by atoms with E-state index >= 15 is 0 Å². The van der Waals surface area contributed by atoms with E-state index in [0.29, 0.717) is 17.8 Å². The van der Waals surface area contributed by atoms with Crippen molar-refractivity contribution in [2.75, 3.05) is 0 Å². The van der Waals surface area contributed by atoms with Gasteiger partial charge in [-0.05, 0) is 124 Å². The average Bonchev–Trinajstić information content (AvgIpc) is 3.20. The van der Waals surface area contributed by atoms with E-state index in [0.717, 1.165) is 6.42 Å². The lowest BCUT2D eigenvalue weighted by atomic mass is 9.71. The topological polar surface area (TPSA) is 0 Å². The van der Waals surface area contributed by atoms with Crippen molar-refractivity contribution >= 4 is 29.9 Å². The Morgan fingerprint density at radius 2 is 1.50 bits per heavy atom. The Bertz CT molecular complexity index is 1600. The zero-order valence-corrected chi connectivity index (χ0v) is 27.5. The molecular weight excluding hydrogens is 504 g/mol. The molecule has 3 aromatic carbocycles. The smallest absolute Gasteiger partial charge is 0.0159 e. The summed E-state index contributed by atoms with van der Waals surface area (Å²) in [6.45, 7) is 33.2. The molecule has 0 saturated heterocycles. The highest BCUT2D eigenvalue weighted by atomic mass is 14.4. The zero-order valence-electron chi connectivity index (χ0n) is 27.5. The van der Waals surface area contributed by atoms with Crippen LogP contribution in [0.1, 0.15) is 116 Å². The summed E-state index contributed by atoms with van der Waals surface area (Å²) in [5.41, 5.74) is 17.1. The van der Waals surface area contributed by atoms with Crippen molar-refractivity contribution in [3.8, 4) is 11.1 Å². The minimum atomic E-state index is -0.0757. The Balaban J connectivity index is 1.79. The molecule has 0 aromatic heterocycles. The summed E-state index contributed by atoms with van der Waals surface area (Å²) in [6, 6.07) is 14.1. The number of hydrogen-bond donors (Lipinski definition) is 0. The predicted molar refractivity (Wildman–Crippen MR) is 190 cm³/mol. The van der Waals surface area contributed by atoms with E-state index in [1.165, 1.54) is 72.3 Å². The molecule has 0 heteroatoms. The van der Waals surface area contributed by atoms with E-state index in [1.807, 2.05) is 18.2 Å². The molecule has 0 spiro atoms. The van der Waals surface area contributed by atoms with Gasteiger partial charge in [0.05, 0.1) is 0 Å². The predicted octanol–water partition coefficient (Wildman–Crippen LogP) is 12.4. The third kappa shape index (κ3) is 5.00. The van der Waals surface area contributed by atoms with Crippen molar-refractivity contribution in [2.24, 2.45) is 11.8 Å². The number of hydrogen-bond acceptors (Lipinski definition) is 0. The average molecular weight is 555 g/mol. The number of allylic oxidation sites excluding steroid dienone is 3. The van der Waals surface area contributed by atoms with Crippen LogP contribution < -0.4 is 0 Å². The number of fused-ring (bicyclic) bond motifs is 3. The molecule has 0 N–H and O–H groups in total. The normalized spacial score (nSPS) is 16.1. The summed E-state index contributed by atoms with van der Waals surface area (Å²) in [4.78, 5) is 0. The van der Waals surface area contributed by atoms with Crippen molar-refractivity contribution in [1.82, 2.24) is 0 Å². The minimum Gasteiger partial charge on any atom is -0.0984 e. The number of benzene rings is 3. The maximum Gasteiger partial charge on any atom is 0.0159 e. The maximum atomic E-state index is 4.22. The van der Waals surface area contributed by atoms with Gasteiger partial charge in [0, 0.05) is 5.41 Å². The molecule has 4 rings (SSSR count). The molecule has 3 aromatic rings. The lowest BCUT2D eigenvalue weighted by molar-refractivity contribution is 0.372. The fraction of sp³-hybridized carbons (Fsp3) is 0.333. The molecule has 0 nitrogen and oxygen atoms in total.